The van der Waals surface area contributed by atoms with E-state index in [4.69, 9.17) is 0 Å². The molecule has 3 rings (SSSR count). The minimum Gasteiger partial charge on any atom is -0.476 e. The number of carbonyl (C=O) groups is 2. The van der Waals surface area contributed by atoms with Gasteiger partial charge in [-0.2, -0.15) is 0 Å². The molecule has 0 bridgehead atoms. The van der Waals surface area contributed by atoms with Gasteiger partial charge < -0.3 is 9.67 Å². The fourth-order valence-corrected chi connectivity index (χ4v) is 3.02. The Morgan fingerprint density at radius 3 is 2.61 bits per heavy atom. The first-order chi connectivity index (χ1) is 11.1. The largest absolute Gasteiger partial charge is 0.476 e. The molecule has 2 heterocycles. The number of hydrogen-bond donors (Lipinski definition) is 1. The standard InChI is InChI=1S/C18H16N2O3/c1-3-20-11(2)15(12-7-4-5-9-14(12)20)17(21)13-8-6-10-19-16(13)18(22)23/h4-10H,3H2,1-2H3,(H,22,23). The fourth-order valence-electron chi connectivity index (χ4n) is 3.02. The van der Waals surface area contributed by atoms with Crippen LogP contribution in [0.25, 0.3) is 10.9 Å². The number of aryl methyl sites for hydroxylation is 1. The highest BCUT2D eigenvalue weighted by molar-refractivity contribution is 6.20. The number of aromatic carboxylic acids is 1. The van der Waals surface area contributed by atoms with Crippen molar-refractivity contribution in [1.82, 2.24) is 9.55 Å². The molecule has 116 valence electrons. The Morgan fingerprint density at radius 2 is 1.91 bits per heavy atom. The van der Waals surface area contributed by atoms with Crippen molar-refractivity contribution in [3.8, 4) is 0 Å². The molecule has 1 N–H and O–H groups in total. The van der Waals surface area contributed by atoms with E-state index in [9.17, 15) is 14.7 Å². The second-order valence-corrected chi connectivity index (χ2v) is 5.26. The Morgan fingerprint density at radius 1 is 1.17 bits per heavy atom. The zero-order valence-corrected chi connectivity index (χ0v) is 12.9. The maximum absolute atomic E-state index is 13.0. The van der Waals surface area contributed by atoms with Gasteiger partial charge >= 0.3 is 5.97 Å². The van der Waals surface area contributed by atoms with Gasteiger partial charge in [0.15, 0.2) is 11.5 Å². The molecule has 0 atom stereocenters. The Bertz CT molecular complexity index is 925. The molecule has 3 aromatic rings. The van der Waals surface area contributed by atoms with Crippen LogP contribution in [0.4, 0.5) is 0 Å². The van der Waals surface area contributed by atoms with Gasteiger partial charge in [-0.15, -0.1) is 0 Å². The number of fused-ring (bicyclic) bond motifs is 1. The van der Waals surface area contributed by atoms with Gasteiger partial charge in [0.2, 0.25) is 0 Å². The topological polar surface area (TPSA) is 72.2 Å². The molecule has 0 fully saturated rings. The van der Waals surface area contributed by atoms with Gasteiger partial charge in [-0.25, -0.2) is 9.78 Å². The van der Waals surface area contributed by atoms with E-state index in [-0.39, 0.29) is 17.0 Å². The van der Waals surface area contributed by atoms with Gasteiger partial charge in [0.05, 0.1) is 11.1 Å². The molecule has 5 nitrogen and oxygen atoms in total. The first-order valence-electron chi connectivity index (χ1n) is 7.37. The molecule has 0 unspecified atom stereocenters. The van der Waals surface area contributed by atoms with Gasteiger partial charge in [-0.3, -0.25) is 4.79 Å². The number of hydrogen-bond acceptors (Lipinski definition) is 3. The zero-order valence-electron chi connectivity index (χ0n) is 12.9. The van der Waals surface area contributed by atoms with Crippen LogP contribution in [0.1, 0.15) is 39.0 Å². The van der Waals surface area contributed by atoms with Crippen molar-refractivity contribution in [2.75, 3.05) is 0 Å². The van der Waals surface area contributed by atoms with Crippen LogP contribution in [0.2, 0.25) is 0 Å². The number of carbonyl (C=O) groups excluding carboxylic acids is 1. The summed E-state index contributed by atoms with van der Waals surface area (Å²) in [4.78, 5) is 28.2. The minimum atomic E-state index is -1.20. The first kappa shape index (κ1) is 15.0. The van der Waals surface area contributed by atoms with E-state index in [2.05, 4.69) is 9.55 Å². The lowest BCUT2D eigenvalue weighted by atomic mass is 9.99. The Labute approximate surface area is 133 Å². The summed E-state index contributed by atoms with van der Waals surface area (Å²) >= 11 is 0. The maximum atomic E-state index is 13.0. The third kappa shape index (κ3) is 2.30. The summed E-state index contributed by atoms with van der Waals surface area (Å²) in [6.45, 7) is 4.63. The first-order valence-corrected chi connectivity index (χ1v) is 7.37. The van der Waals surface area contributed by atoms with Crippen molar-refractivity contribution in [1.29, 1.82) is 0 Å². The molecule has 0 saturated heterocycles. The second kappa shape index (κ2) is 5.68. The molecule has 2 aromatic heterocycles. The minimum absolute atomic E-state index is 0.113. The SMILES string of the molecule is CCn1c(C)c(C(=O)c2cccnc2C(=O)O)c2ccccc21. The molecule has 0 radical (unpaired) electrons. The Hall–Kier alpha value is -2.95. The average Bonchev–Trinajstić information content (AvgIpc) is 2.85. The van der Waals surface area contributed by atoms with Crippen molar-refractivity contribution >= 4 is 22.7 Å². The summed E-state index contributed by atoms with van der Waals surface area (Å²) in [6, 6.07) is 10.7. The summed E-state index contributed by atoms with van der Waals surface area (Å²) in [5.74, 6) is -1.51. The lowest BCUT2D eigenvalue weighted by molar-refractivity contribution is 0.0686. The fraction of sp³-hybridized carbons (Fsp3) is 0.167. The monoisotopic (exact) mass is 308 g/mol. The number of ketones is 1. The number of rotatable bonds is 4. The highest BCUT2D eigenvalue weighted by Crippen LogP contribution is 2.28. The van der Waals surface area contributed by atoms with Crippen LogP contribution < -0.4 is 0 Å². The lowest BCUT2D eigenvalue weighted by Crippen LogP contribution is -2.12. The van der Waals surface area contributed by atoms with Crippen LogP contribution >= 0.6 is 0 Å². The smallest absolute Gasteiger partial charge is 0.355 e. The van der Waals surface area contributed by atoms with Crippen molar-refractivity contribution in [3.05, 3.63) is 65.1 Å². The van der Waals surface area contributed by atoms with Gasteiger partial charge in [0.25, 0.3) is 0 Å². The van der Waals surface area contributed by atoms with Crippen molar-refractivity contribution < 1.29 is 14.7 Å². The van der Waals surface area contributed by atoms with E-state index in [0.29, 0.717) is 5.56 Å². The van der Waals surface area contributed by atoms with Crippen LogP contribution in [0.15, 0.2) is 42.6 Å². The molecule has 0 saturated carbocycles. The summed E-state index contributed by atoms with van der Waals surface area (Å²) in [7, 11) is 0. The van der Waals surface area contributed by atoms with Crippen LogP contribution in [0.3, 0.4) is 0 Å². The number of aromatic nitrogens is 2. The van der Waals surface area contributed by atoms with Crippen LogP contribution in [-0.4, -0.2) is 26.4 Å². The summed E-state index contributed by atoms with van der Waals surface area (Å²) in [5.41, 5.74) is 2.24. The quantitative estimate of drug-likeness (QED) is 0.751. The molecular weight excluding hydrogens is 292 g/mol. The van der Waals surface area contributed by atoms with E-state index >= 15 is 0 Å². The van der Waals surface area contributed by atoms with E-state index in [1.54, 1.807) is 6.07 Å². The lowest BCUT2D eigenvalue weighted by Gasteiger charge is -2.06. The Balaban J connectivity index is 2.28. The highest BCUT2D eigenvalue weighted by atomic mass is 16.4. The molecular formula is C18H16N2O3. The molecule has 0 aliphatic heterocycles. The van der Waals surface area contributed by atoms with Crippen LogP contribution in [0, 0.1) is 6.92 Å². The molecule has 0 amide bonds. The highest BCUT2D eigenvalue weighted by Gasteiger charge is 2.24. The molecule has 0 spiro atoms. The summed E-state index contributed by atoms with van der Waals surface area (Å²) in [5, 5.41) is 10.1. The molecule has 0 aliphatic rings. The predicted octanol–water partition coefficient (Wildman–Crippen LogP) is 3.29. The van der Waals surface area contributed by atoms with Gasteiger partial charge in [-0.1, -0.05) is 18.2 Å². The number of benzene rings is 1. The normalized spacial score (nSPS) is 10.9. The van der Waals surface area contributed by atoms with Gasteiger partial charge in [0, 0.05) is 29.3 Å². The number of para-hydroxylation sites is 1. The zero-order chi connectivity index (χ0) is 16.6. The number of carboxylic acid groups (broad SMARTS) is 1. The maximum Gasteiger partial charge on any atom is 0.355 e. The average molecular weight is 308 g/mol. The summed E-state index contributed by atoms with van der Waals surface area (Å²) < 4.78 is 2.05. The number of nitrogens with zero attached hydrogens (tertiary/aromatic N) is 2. The van der Waals surface area contributed by atoms with Crippen molar-refractivity contribution in [2.45, 2.75) is 20.4 Å². The summed E-state index contributed by atoms with van der Waals surface area (Å²) in [6.07, 6.45) is 1.38. The van der Waals surface area contributed by atoms with Crippen molar-refractivity contribution in [3.63, 3.8) is 0 Å². The molecule has 23 heavy (non-hydrogen) atoms. The second-order valence-electron chi connectivity index (χ2n) is 5.26. The van der Waals surface area contributed by atoms with Gasteiger partial charge in [0.1, 0.15) is 0 Å². The van der Waals surface area contributed by atoms with E-state index in [0.717, 1.165) is 23.1 Å². The number of carboxylic acids is 1. The molecule has 1 aromatic carbocycles. The van der Waals surface area contributed by atoms with E-state index in [1.165, 1.54) is 12.3 Å². The number of pyridine rings is 1. The third-order valence-corrected chi connectivity index (χ3v) is 4.03. The Kier molecular flexibility index (Phi) is 3.70. The third-order valence-electron chi connectivity index (χ3n) is 4.03. The van der Waals surface area contributed by atoms with Crippen LogP contribution in [-0.2, 0) is 6.54 Å². The van der Waals surface area contributed by atoms with Crippen LogP contribution in [0.5, 0.6) is 0 Å². The van der Waals surface area contributed by atoms with E-state index < -0.39 is 5.97 Å². The molecule has 0 aliphatic carbocycles. The van der Waals surface area contributed by atoms with Gasteiger partial charge in [-0.05, 0) is 32.0 Å². The van der Waals surface area contributed by atoms with E-state index in [1.807, 2.05) is 38.1 Å². The molecule has 5 heteroatoms. The predicted molar refractivity (Wildman–Crippen MR) is 87.0 cm³/mol. The van der Waals surface area contributed by atoms with Crippen molar-refractivity contribution in [2.24, 2.45) is 0 Å².